The first kappa shape index (κ1) is 18.6. The second-order valence-corrected chi connectivity index (χ2v) is 7.43. The van der Waals surface area contributed by atoms with Gasteiger partial charge in [0.2, 0.25) is 0 Å². The number of carbonyl (C=O) groups excluding carboxylic acids is 1. The van der Waals surface area contributed by atoms with Crippen molar-refractivity contribution in [3.63, 3.8) is 0 Å². The maximum absolute atomic E-state index is 13.8. The second-order valence-electron chi connectivity index (χ2n) is 6.02. The van der Waals surface area contributed by atoms with Gasteiger partial charge < -0.3 is 10.6 Å². The van der Waals surface area contributed by atoms with Gasteiger partial charge in [0.05, 0.1) is 10.6 Å². The van der Waals surface area contributed by atoms with Crippen molar-refractivity contribution >= 4 is 34.5 Å². The monoisotopic (exact) mass is 389 g/mol. The number of nitrogens with one attached hydrogen (secondary N) is 1. The van der Waals surface area contributed by atoms with E-state index in [-0.39, 0.29) is 24.2 Å². The molecule has 0 spiro atoms. The minimum atomic E-state index is -0.542. The average molecular weight is 390 g/mol. The Morgan fingerprint density at radius 2 is 2.00 bits per heavy atom. The fraction of sp³-hybridized carbons (Fsp3) is 0.150. The van der Waals surface area contributed by atoms with Crippen LogP contribution in [0.1, 0.15) is 22.0 Å². The van der Waals surface area contributed by atoms with Gasteiger partial charge in [-0.1, -0.05) is 47.5 Å². The second kappa shape index (κ2) is 8.45. The number of thiophene rings is 1. The summed E-state index contributed by atoms with van der Waals surface area (Å²) in [6.45, 7) is 2.22. The Labute approximate surface area is 160 Å². The maximum atomic E-state index is 13.8. The van der Waals surface area contributed by atoms with Crippen LogP contribution in [-0.4, -0.2) is 12.5 Å². The lowest BCUT2D eigenvalue weighted by Crippen LogP contribution is -2.87. The van der Waals surface area contributed by atoms with Gasteiger partial charge in [-0.2, -0.15) is 0 Å². The van der Waals surface area contributed by atoms with Crippen molar-refractivity contribution in [2.24, 2.45) is 0 Å². The van der Waals surface area contributed by atoms with Gasteiger partial charge in [-0.15, -0.1) is 11.3 Å². The van der Waals surface area contributed by atoms with Crippen LogP contribution in [0.25, 0.3) is 0 Å². The van der Waals surface area contributed by atoms with Crippen molar-refractivity contribution in [2.75, 3.05) is 11.9 Å². The molecule has 1 atom stereocenters. The third-order valence-corrected chi connectivity index (χ3v) is 5.22. The molecule has 3 nitrogen and oxygen atoms in total. The van der Waals surface area contributed by atoms with E-state index in [1.807, 2.05) is 23.7 Å². The van der Waals surface area contributed by atoms with Crippen molar-refractivity contribution in [3.05, 3.63) is 86.8 Å². The number of hydrogen-bond donors (Lipinski definition) is 2. The Morgan fingerprint density at radius 3 is 2.65 bits per heavy atom. The largest absolute Gasteiger partial charge is 0.328 e. The van der Waals surface area contributed by atoms with Crippen LogP contribution in [-0.2, 0) is 4.79 Å². The number of anilines is 1. The van der Waals surface area contributed by atoms with Crippen LogP contribution < -0.4 is 10.6 Å². The molecule has 1 heterocycles. The molecule has 0 radical (unpaired) electrons. The van der Waals surface area contributed by atoms with Gasteiger partial charge in [-0.3, -0.25) is 4.79 Å². The Balaban J connectivity index is 1.69. The van der Waals surface area contributed by atoms with E-state index < -0.39 is 5.82 Å². The van der Waals surface area contributed by atoms with Crippen molar-refractivity contribution < 1.29 is 14.5 Å². The quantitative estimate of drug-likeness (QED) is 0.653. The first-order chi connectivity index (χ1) is 12.5. The number of halogens is 2. The summed E-state index contributed by atoms with van der Waals surface area (Å²) in [5.41, 5.74) is 2.45. The highest BCUT2D eigenvalue weighted by atomic mass is 35.5. The molecule has 134 valence electrons. The number of carbonyl (C=O) groups is 1. The maximum Gasteiger partial charge on any atom is 0.279 e. The molecule has 3 N–H and O–H groups in total. The zero-order chi connectivity index (χ0) is 18.5. The molecule has 0 aliphatic rings. The summed E-state index contributed by atoms with van der Waals surface area (Å²) in [7, 11) is 0. The van der Waals surface area contributed by atoms with Crippen molar-refractivity contribution in [1.29, 1.82) is 0 Å². The topological polar surface area (TPSA) is 45.7 Å². The minimum Gasteiger partial charge on any atom is -0.328 e. The van der Waals surface area contributed by atoms with E-state index in [2.05, 4.69) is 35.6 Å². The molecule has 1 amide bonds. The lowest BCUT2D eigenvalue weighted by Gasteiger charge is -2.15. The zero-order valence-electron chi connectivity index (χ0n) is 14.2. The molecule has 3 rings (SSSR count). The van der Waals surface area contributed by atoms with Gasteiger partial charge >= 0.3 is 0 Å². The molecule has 0 bridgehead atoms. The van der Waals surface area contributed by atoms with Crippen LogP contribution in [0.4, 0.5) is 10.1 Å². The van der Waals surface area contributed by atoms with E-state index in [1.165, 1.54) is 22.6 Å². The van der Waals surface area contributed by atoms with Gasteiger partial charge in [0, 0.05) is 10.6 Å². The van der Waals surface area contributed by atoms with Gasteiger partial charge in [0.1, 0.15) is 11.9 Å². The number of aryl methyl sites for hydroxylation is 1. The summed E-state index contributed by atoms with van der Waals surface area (Å²) in [4.78, 5) is 13.4. The van der Waals surface area contributed by atoms with Crippen LogP contribution >= 0.6 is 22.9 Å². The van der Waals surface area contributed by atoms with Crippen molar-refractivity contribution in [1.82, 2.24) is 0 Å². The highest BCUT2D eigenvalue weighted by Gasteiger charge is 2.20. The van der Waals surface area contributed by atoms with E-state index >= 15 is 0 Å². The number of hydrogen-bond acceptors (Lipinski definition) is 2. The lowest BCUT2D eigenvalue weighted by atomic mass is 10.0. The predicted octanol–water partition coefficient (Wildman–Crippen LogP) is 4.14. The summed E-state index contributed by atoms with van der Waals surface area (Å²) >= 11 is 7.39. The van der Waals surface area contributed by atoms with E-state index in [4.69, 9.17) is 11.6 Å². The zero-order valence-corrected chi connectivity index (χ0v) is 15.8. The number of amides is 1. The van der Waals surface area contributed by atoms with Gasteiger partial charge in [-0.25, -0.2) is 4.39 Å². The summed E-state index contributed by atoms with van der Waals surface area (Å²) < 4.78 is 13.8. The molecule has 0 saturated carbocycles. The van der Waals surface area contributed by atoms with E-state index in [1.54, 1.807) is 17.4 Å². The fourth-order valence-electron chi connectivity index (χ4n) is 2.68. The molecule has 26 heavy (non-hydrogen) atoms. The SMILES string of the molecule is Cc1ccc([C@@H]([NH2+]CC(=O)Nc2ccc(Cl)cc2F)c2cccs2)cc1. The summed E-state index contributed by atoms with van der Waals surface area (Å²) in [6, 6.07) is 16.6. The number of benzene rings is 2. The Morgan fingerprint density at radius 1 is 1.23 bits per heavy atom. The number of quaternary nitrogens is 1. The van der Waals surface area contributed by atoms with Gasteiger partial charge in [0.25, 0.3) is 5.91 Å². The molecule has 0 saturated heterocycles. The highest BCUT2D eigenvalue weighted by molar-refractivity contribution is 7.10. The molecule has 0 unspecified atom stereocenters. The normalized spacial score (nSPS) is 12.0. The third kappa shape index (κ3) is 4.69. The molecular weight excluding hydrogens is 371 g/mol. The molecule has 0 fully saturated rings. The molecule has 0 aliphatic carbocycles. The molecule has 3 aromatic rings. The van der Waals surface area contributed by atoms with Crippen LogP contribution in [0.3, 0.4) is 0 Å². The van der Waals surface area contributed by atoms with Crippen LogP contribution in [0.15, 0.2) is 60.0 Å². The first-order valence-corrected chi connectivity index (χ1v) is 9.47. The number of rotatable bonds is 6. The molecular formula is C20H19ClFN2OS+. The predicted molar refractivity (Wildman–Crippen MR) is 104 cm³/mol. The fourth-order valence-corrected chi connectivity index (χ4v) is 3.68. The summed E-state index contributed by atoms with van der Waals surface area (Å²) in [6.07, 6.45) is 0. The van der Waals surface area contributed by atoms with E-state index in [0.717, 1.165) is 5.56 Å². The molecule has 6 heteroatoms. The summed E-state index contributed by atoms with van der Waals surface area (Å²) in [5, 5.41) is 6.87. The first-order valence-electron chi connectivity index (χ1n) is 8.21. The average Bonchev–Trinajstić information content (AvgIpc) is 3.13. The molecule has 0 aliphatic heterocycles. The van der Waals surface area contributed by atoms with E-state index in [9.17, 15) is 9.18 Å². The van der Waals surface area contributed by atoms with Crippen LogP contribution in [0, 0.1) is 12.7 Å². The van der Waals surface area contributed by atoms with E-state index in [0.29, 0.717) is 5.02 Å². The van der Waals surface area contributed by atoms with Crippen molar-refractivity contribution in [2.45, 2.75) is 13.0 Å². The van der Waals surface area contributed by atoms with Gasteiger partial charge in [-0.05, 0) is 36.6 Å². The van der Waals surface area contributed by atoms with Crippen LogP contribution in [0.2, 0.25) is 5.02 Å². The smallest absolute Gasteiger partial charge is 0.279 e. The Bertz CT molecular complexity index is 881. The standard InChI is InChI=1S/C20H18ClFN2OS/c1-13-4-6-14(7-5-13)20(18-3-2-10-26-18)23-12-19(25)24-17-9-8-15(21)11-16(17)22/h2-11,20,23H,12H2,1H3,(H,24,25)/p+1/t20-/m1/s1. The molecule has 2 aromatic carbocycles. The third-order valence-electron chi connectivity index (χ3n) is 4.03. The Hall–Kier alpha value is -2.21. The Kier molecular flexibility index (Phi) is 6.04. The minimum absolute atomic E-state index is 0.0245. The molecule has 1 aromatic heterocycles. The number of nitrogens with two attached hydrogens (primary N) is 1. The van der Waals surface area contributed by atoms with Crippen molar-refractivity contribution in [3.8, 4) is 0 Å². The lowest BCUT2D eigenvalue weighted by molar-refractivity contribution is -0.675. The highest BCUT2D eigenvalue weighted by Crippen LogP contribution is 2.23. The van der Waals surface area contributed by atoms with Crippen LogP contribution in [0.5, 0.6) is 0 Å². The summed E-state index contributed by atoms with van der Waals surface area (Å²) in [5.74, 6) is -0.806. The van der Waals surface area contributed by atoms with Gasteiger partial charge in [0.15, 0.2) is 6.54 Å².